The van der Waals surface area contributed by atoms with Crippen molar-refractivity contribution in [2.75, 3.05) is 6.61 Å². The molecule has 0 aliphatic rings. The van der Waals surface area contributed by atoms with E-state index in [0.717, 1.165) is 5.75 Å². The van der Waals surface area contributed by atoms with Crippen LogP contribution in [-0.4, -0.2) is 11.8 Å². The third-order valence-electron chi connectivity index (χ3n) is 2.61. The molecule has 2 nitrogen and oxygen atoms in total. The number of benzene rings is 1. The Morgan fingerprint density at radius 3 is 2.44 bits per heavy atom. The zero-order valence-electron chi connectivity index (χ0n) is 10.1. The standard InChI is InChI=1S/C13H17ClO2/c1-9-5-6-11(7-10(9)2)16-8-13(3,4)12(14)15/h5-7H,8H2,1-4H3. The minimum absolute atomic E-state index is 0.290. The molecule has 16 heavy (non-hydrogen) atoms. The Morgan fingerprint density at radius 1 is 1.31 bits per heavy atom. The smallest absolute Gasteiger partial charge is 0.230 e. The zero-order chi connectivity index (χ0) is 12.3. The second-order valence-electron chi connectivity index (χ2n) is 4.69. The van der Waals surface area contributed by atoms with Gasteiger partial charge in [0.1, 0.15) is 12.4 Å². The summed E-state index contributed by atoms with van der Waals surface area (Å²) < 4.78 is 5.56. The third kappa shape index (κ3) is 3.24. The molecule has 0 N–H and O–H groups in total. The minimum atomic E-state index is -0.652. The van der Waals surface area contributed by atoms with Crippen LogP contribution in [0.5, 0.6) is 5.75 Å². The van der Waals surface area contributed by atoms with Gasteiger partial charge in [-0.3, -0.25) is 4.79 Å². The van der Waals surface area contributed by atoms with E-state index in [2.05, 4.69) is 0 Å². The predicted molar refractivity (Wildman–Crippen MR) is 66.1 cm³/mol. The molecule has 1 aromatic rings. The van der Waals surface area contributed by atoms with E-state index in [1.807, 2.05) is 32.0 Å². The SMILES string of the molecule is Cc1ccc(OCC(C)(C)C(=O)Cl)cc1C. The van der Waals surface area contributed by atoms with Crippen molar-refractivity contribution in [1.29, 1.82) is 0 Å². The highest BCUT2D eigenvalue weighted by molar-refractivity contribution is 6.64. The largest absolute Gasteiger partial charge is 0.493 e. The van der Waals surface area contributed by atoms with Gasteiger partial charge < -0.3 is 4.74 Å². The minimum Gasteiger partial charge on any atom is -0.493 e. The molecule has 0 amide bonds. The Labute approximate surface area is 102 Å². The van der Waals surface area contributed by atoms with Gasteiger partial charge in [-0.15, -0.1) is 0 Å². The Kier molecular flexibility index (Phi) is 3.98. The van der Waals surface area contributed by atoms with Gasteiger partial charge in [0.2, 0.25) is 5.24 Å². The van der Waals surface area contributed by atoms with Crippen LogP contribution in [0.4, 0.5) is 0 Å². The Hall–Kier alpha value is -1.02. The maximum Gasteiger partial charge on any atom is 0.230 e. The van der Waals surface area contributed by atoms with Gasteiger partial charge in [-0.2, -0.15) is 0 Å². The van der Waals surface area contributed by atoms with Crippen molar-refractivity contribution in [1.82, 2.24) is 0 Å². The first kappa shape index (κ1) is 13.0. The molecule has 0 saturated carbocycles. The lowest BCUT2D eigenvalue weighted by molar-refractivity contribution is -0.120. The molecule has 0 aliphatic carbocycles. The van der Waals surface area contributed by atoms with Gasteiger partial charge in [-0.1, -0.05) is 6.07 Å². The van der Waals surface area contributed by atoms with Crippen LogP contribution >= 0.6 is 11.6 Å². The number of aryl methyl sites for hydroxylation is 2. The molecule has 0 radical (unpaired) electrons. The lowest BCUT2D eigenvalue weighted by Crippen LogP contribution is -2.27. The van der Waals surface area contributed by atoms with Crippen molar-refractivity contribution >= 4 is 16.8 Å². The quantitative estimate of drug-likeness (QED) is 0.754. The van der Waals surface area contributed by atoms with E-state index in [-0.39, 0.29) is 11.8 Å². The van der Waals surface area contributed by atoms with Crippen LogP contribution in [0, 0.1) is 19.3 Å². The number of hydrogen-bond acceptors (Lipinski definition) is 2. The second kappa shape index (κ2) is 4.88. The van der Waals surface area contributed by atoms with Crippen molar-refractivity contribution < 1.29 is 9.53 Å². The first-order valence-electron chi connectivity index (χ1n) is 5.23. The molecule has 1 rings (SSSR count). The average molecular weight is 241 g/mol. The molecule has 0 atom stereocenters. The molecule has 0 bridgehead atoms. The monoisotopic (exact) mass is 240 g/mol. The van der Waals surface area contributed by atoms with Gasteiger partial charge in [-0.25, -0.2) is 0 Å². The van der Waals surface area contributed by atoms with E-state index >= 15 is 0 Å². The van der Waals surface area contributed by atoms with Crippen LogP contribution in [0.1, 0.15) is 25.0 Å². The number of rotatable bonds is 4. The zero-order valence-corrected chi connectivity index (χ0v) is 10.9. The van der Waals surface area contributed by atoms with Crippen molar-refractivity contribution in [2.24, 2.45) is 5.41 Å². The molecule has 0 saturated heterocycles. The molecule has 0 unspecified atom stereocenters. The molecule has 1 aromatic carbocycles. The molecule has 0 spiro atoms. The van der Waals surface area contributed by atoms with Crippen LogP contribution < -0.4 is 4.74 Å². The summed E-state index contributed by atoms with van der Waals surface area (Å²) in [5.74, 6) is 0.772. The maximum atomic E-state index is 11.1. The summed E-state index contributed by atoms with van der Waals surface area (Å²) >= 11 is 5.47. The fraction of sp³-hybridized carbons (Fsp3) is 0.462. The van der Waals surface area contributed by atoms with E-state index in [1.165, 1.54) is 11.1 Å². The average Bonchev–Trinajstić information content (AvgIpc) is 2.20. The molecule has 3 heteroatoms. The lowest BCUT2D eigenvalue weighted by Gasteiger charge is -2.20. The van der Waals surface area contributed by atoms with Crippen LogP contribution in [0.25, 0.3) is 0 Å². The van der Waals surface area contributed by atoms with Gasteiger partial charge in [0.15, 0.2) is 0 Å². The Bertz CT molecular complexity index is 397. The fourth-order valence-electron chi connectivity index (χ4n) is 1.12. The number of carbonyl (C=O) groups excluding carboxylic acids is 1. The molecule has 0 heterocycles. The first-order valence-corrected chi connectivity index (χ1v) is 5.61. The van der Waals surface area contributed by atoms with E-state index in [4.69, 9.17) is 16.3 Å². The number of hydrogen-bond donors (Lipinski definition) is 0. The van der Waals surface area contributed by atoms with E-state index in [1.54, 1.807) is 13.8 Å². The maximum absolute atomic E-state index is 11.1. The van der Waals surface area contributed by atoms with Gasteiger partial charge in [-0.05, 0) is 62.6 Å². The topological polar surface area (TPSA) is 26.3 Å². The first-order chi connectivity index (χ1) is 7.33. The third-order valence-corrected chi connectivity index (χ3v) is 3.12. The van der Waals surface area contributed by atoms with Crippen molar-refractivity contribution in [3.8, 4) is 5.75 Å². The summed E-state index contributed by atoms with van der Waals surface area (Å²) in [6.07, 6.45) is 0. The molecular formula is C13H17ClO2. The number of ether oxygens (including phenoxy) is 1. The molecular weight excluding hydrogens is 224 g/mol. The van der Waals surface area contributed by atoms with Crippen LogP contribution in [0.3, 0.4) is 0 Å². The summed E-state index contributed by atoms with van der Waals surface area (Å²) in [6, 6.07) is 5.86. The highest BCUT2D eigenvalue weighted by Gasteiger charge is 2.26. The van der Waals surface area contributed by atoms with Gasteiger partial charge in [0.25, 0.3) is 0 Å². The summed E-state index contributed by atoms with van der Waals surface area (Å²) in [7, 11) is 0. The molecule has 0 aliphatic heterocycles. The summed E-state index contributed by atoms with van der Waals surface area (Å²) in [5.41, 5.74) is 1.74. The molecule has 88 valence electrons. The second-order valence-corrected chi connectivity index (χ2v) is 5.04. The van der Waals surface area contributed by atoms with E-state index < -0.39 is 5.41 Å². The predicted octanol–water partition coefficient (Wildman–Crippen LogP) is 3.47. The highest BCUT2D eigenvalue weighted by atomic mass is 35.5. The van der Waals surface area contributed by atoms with E-state index in [0.29, 0.717) is 0 Å². The van der Waals surface area contributed by atoms with Crippen molar-refractivity contribution in [3.05, 3.63) is 29.3 Å². The summed E-state index contributed by atoms with van der Waals surface area (Å²) in [6.45, 7) is 7.90. The summed E-state index contributed by atoms with van der Waals surface area (Å²) in [4.78, 5) is 11.1. The highest BCUT2D eigenvalue weighted by Crippen LogP contribution is 2.22. The van der Waals surface area contributed by atoms with Gasteiger partial charge in [0, 0.05) is 0 Å². The normalized spacial score (nSPS) is 11.3. The van der Waals surface area contributed by atoms with E-state index in [9.17, 15) is 4.79 Å². The van der Waals surface area contributed by atoms with Crippen molar-refractivity contribution in [2.45, 2.75) is 27.7 Å². The Morgan fingerprint density at radius 2 is 1.94 bits per heavy atom. The number of halogens is 1. The fourth-order valence-corrected chi connectivity index (χ4v) is 1.18. The van der Waals surface area contributed by atoms with Crippen LogP contribution in [0.15, 0.2) is 18.2 Å². The lowest BCUT2D eigenvalue weighted by atomic mass is 9.97. The molecule has 0 fully saturated rings. The van der Waals surface area contributed by atoms with Crippen LogP contribution in [-0.2, 0) is 4.79 Å². The van der Waals surface area contributed by atoms with Gasteiger partial charge in [0.05, 0.1) is 5.41 Å². The summed E-state index contributed by atoms with van der Waals surface area (Å²) in [5, 5.41) is -0.378. The van der Waals surface area contributed by atoms with Gasteiger partial charge >= 0.3 is 0 Å². The Balaban J connectivity index is 2.68. The number of carbonyl (C=O) groups is 1. The molecule has 0 aromatic heterocycles. The van der Waals surface area contributed by atoms with Crippen molar-refractivity contribution in [3.63, 3.8) is 0 Å². The van der Waals surface area contributed by atoms with Crippen LogP contribution in [0.2, 0.25) is 0 Å².